The zero-order chi connectivity index (χ0) is 19.5. The summed E-state index contributed by atoms with van der Waals surface area (Å²) >= 11 is 5.85. The van der Waals surface area contributed by atoms with Gasteiger partial charge in [-0.15, -0.1) is 0 Å². The van der Waals surface area contributed by atoms with Crippen molar-refractivity contribution in [2.75, 3.05) is 0 Å². The zero-order valence-corrected chi connectivity index (χ0v) is 15.5. The number of halogens is 1. The average molecular weight is 394 g/mol. The first-order chi connectivity index (χ1) is 13.6. The van der Waals surface area contributed by atoms with E-state index in [2.05, 4.69) is 15.4 Å². The van der Waals surface area contributed by atoms with Crippen LogP contribution in [0.1, 0.15) is 5.56 Å². The van der Waals surface area contributed by atoms with E-state index >= 15 is 0 Å². The maximum absolute atomic E-state index is 12.7. The number of benzene rings is 2. The largest absolute Gasteiger partial charge is 0.350 e. The molecule has 0 bridgehead atoms. The fourth-order valence-corrected chi connectivity index (χ4v) is 2.96. The van der Waals surface area contributed by atoms with Crippen LogP contribution in [0.2, 0.25) is 5.02 Å². The van der Waals surface area contributed by atoms with Gasteiger partial charge in [-0.25, -0.2) is 9.67 Å². The summed E-state index contributed by atoms with van der Waals surface area (Å²) in [6.07, 6.45) is 2.84. The summed E-state index contributed by atoms with van der Waals surface area (Å²) in [6, 6.07) is 16.6. The van der Waals surface area contributed by atoms with Crippen LogP contribution in [-0.2, 0) is 17.9 Å². The summed E-state index contributed by atoms with van der Waals surface area (Å²) in [6.45, 7) is 0.234. The van der Waals surface area contributed by atoms with E-state index in [0.717, 1.165) is 11.3 Å². The second-order valence-electron chi connectivity index (χ2n) is 6.21. The van der Waals surface area contributed by atoms with Gasteiger partial charge in [-0.1, -0.05) is 41.9 Å². The van der Waals surface area contributed by atoms with E-state index in [9.17, 15) is 9.59 Å². The fourth-order valence-electron chi connectivity index (χ4n) is 2.83. The molecule has 0 fully saturated rings. The number of hydrogen-bond acceptors (Lipinski definition) is 4. The third kappa shape index (κ3) is 3.65. The van der Waals surface area contributed by atoms with E-state index in [1.165, 1.54) is 17.1 Å². The predicted octanol–water partition coefficient (Wildman–Crippen LogP) is 2.55. The van der Waals surface area contributed by atoms with Gasteiger partial charge in [0.05, 0.1) is 11.9 Å². The standard InChI is InChI=1S/C20H16ClN5O2/c21-15-8-6-14(7-9-15)10-22-18(27)12-25-13-23-19-17(20(25)28)11-24-26(19)16-4-2-1-3-5-16/h1-9,11,13H,10,12H2,(H,22,27). The van der Waals surface area contributed by atoms with Gasteiger partial charge in [0.1, 0.15) is 18.3 Å². The minimum Gasteiger partial charge on any atom is -0.350 e. The number of aromatic nitrogens is 4. The molecule has 140 valence electrons. The molecule has 0 saturated carbocycles. The molecule has 1 amide bonds. The predicted molar refractivity (Wildman–Crippen MR) is 106 cm³/mol. The molecular weight excluding hydrogens is 378 g/mol. The molecule has 1 N–H and O–H groups in total. The Morgan fingerprint density at radius 2 is 1.82 bits per heavy atom. The van der Waals surface area contributed by atoms with E-state index in [-0.39, 0.29) is 18.0 Å². The molecule has 4 rings (SSSR count). The minimum atomic E-state index is -0.311. The highest BCUT2D eigenvalue weighted by atomic mass is 35.5. The molecule has 0 aliphatic carbocycles. The number of fused-ring (bicyclic) bond motifs is 1. The van der Waals surface area contributed by atoms with Crippen LogP contribution < -0.4 is 10.9 Å². The molecule has 28 heavy (non-hydrogen) atoms. The summed E-state index contributed by atoms with van der Waals surface area (Å²) in [5.41, 5.74) is 1.87. The summed E-state index contributed by atoms with van der Waals surface area (Å²) in [5.74, 6) is -0.284. The lowest BCUT2D eigenvalue weighted by molar-refractivity contribution is -0.121. The van der Waals surface area contributed by atoms with Gasteiger partial charge in [-0.05, 0) is 29.8 Å². The first-order valence-electron chi connectivity index (χ1n) is 8.61. The minimum absolute atomic E-state index is 0.119. The second kappa shape index (κ2) is 7.66. The third-order valence-corrected chi connectivity index (χ3v) is 4.52. The van der Waals surface area contributed by atoms with E-state index in [1.807, 2.05) is 42.5 Å². The maximum atomic E-state index is 12.7. The smallest absolute Gasteiger partial charge is 0.264 e. The summed E-state index contributed by atoms with van der Waals surface area (Å²) in [7, 11) is 0. The normalized spacial score (nSPS) is 10.9. The van der Waals surface area contributed by atoms with Gasteiger partial charge >= 0.3 is 0 Å². The number of nitrogens with zero attached hydrogens (tertiary/aromatic N) is 4. The van der Waals surface area contributed by atoms with Crippen molar-refractivity contribution in [1.29, 1.82) is 0 Å². The monoisotopic (exact) mass is 393 g/mol. The maximum Gasteiger partial charge on any atom is 0.264 e. The Kier molecular flexibility index (Phi) is 4.90. The first kappa shape index (κ1) is 17.9. The second-order valence-corrected chi connectivity index (χ2v) is 6.65. The molecular formula is C20H16ClN5O2. The average Bonchev–Trinajstić information content (AvgIpc) is 3.15. The Labute approximate surface area is 165 Å². The van der Waals surface area contributed by atoms with Crippen molar-refractivity contribution in [2.24, 2.45) is 0 Å². The lowest BCUT2D eigenvalue weighted by Gasteiger charge is -2.08. The molecule has 0 aliphatic heterocycles. The lowest BCUT2D eigenvalue weighted by atomic mass is 10.2. The van der Waals surface area contributed by atoms with Crippen LogP contribution in [0.5, 0.6) is 0 Å². The van der Waals surface area contributed by atoms with Gasteiger partial charge in [0.2, 0.25) is 5.91 Å². The van der Waals surface area contributed by atoms with Crippen molar-refractivity contribution < 1.29 is 4.79 Å². The summed E-state index contributed by atoms with van der Waals surface area (Å²) in [5, 5.41) is 8.04. The van der Waals surface area contributed by atoms with Crippen LogP contribution in [0.4, 0.5) is 0 Å². The molecule has 2 heterocycles. The van der Waals surface area contributed by atoms with Crippen LogP contribution >= 0.6 is 11.6 Å². The molecule has 0 saturated heterocycles. The lowest BCUT2D eigenvalue weighted by Crippen LogP contribution is -2.32. The van der Waals surface area contributed by atoms with Crippen molar-refractivity contribution in [3.63, 3.8) is 0 Å². The quantitative estimate of drug-likeness (QED) is 0.565. The number of carbonyl (C=O) groups excluding carboxylic acids is 1. The molecule has 0 aliphatic rings. The van der Waals surface area contributed by atoms with Gasteiger partial charge in [-0.3, -0.25) is 14.2 Å². The van der Waals surface area contributed by atoms with Gasteiger partial charge in [0.25, 0.3) is 5.56 Å². The van der Waals surface area contributed by atoms with Gasteiger partial charge < -0.3 is 5.32 Å². The Hall–Kier alpha value is -3.45. The number of rotatable bonds is 5. The van der Waals surface area contributed by atoms with Crippen molar-refractivity contribution in [2.45, 2.75) is 13.1 Å². The molecule has 7 nitrogen and oxygen atoms in total. The molecule has 0 spiro atoms. The fraction of sp³-hybridized carbons (Fsp3) is 0.100. The van der Waals surface area contributed by atoms with E-state index in [0.29, 0.717) is 22.6 Å². The molecule has 4 aromatic rings. The molecule has 2 aromatic heterocycles. The van der Waals surface area contributed by atoms with E-state index < -0.39 is 0 Å². The number of carbonyl (C=O) groups is 1. The van der Waals surface area contributed by atoms with E-state index in [1.54, 1.807) is 16.8 Å². The molecule has 0 unspecified atom stereocenters. The molecule has 0 radical (unpaired) electrons. The van der Waals surface area contributed by atoms with E-state index in [4.69, 9.17) is 11.6 Å². The number of hydrogen-bond donors (Lipinski definition) is 1. The Balaban J connectivity index is 1.51. The highest BCUT2D eigenvalue weighted by Gasteiger charge is 2.13. The Bertz CT molecular complexity index is 1180. The van der Waals surface area contributed by atoms with Gasteiger partial charge in [0.15, 0.2) is 5.65 Å². The van der Waals surface area contributed by atoms with Gasteiger partial charge in [-0.2, -0.15) is 5.10 Å². The topological polar surface area (TPSA) is 81.8 Å². The number of amides is 1. The van der Waals surface area contributed by atoms with Crippen LogP contribution in [0, 0.1) is 0 Å². The summed E-state index contributed by atoms with van der Waals surface area (Å²) < 4.78 is 2.87. The Morgan fingerprint density at radius 1 is 1.07 bits per heavy atom. The summed E-state index contributed by atoms with van der Waals surface area (Å²) in [4.78, 5) is 29.2. The van der Waals surface area contributed by atoms with Crippen molar-refractivity contribution in [3.05, 3.63) is 88.1 Å². The highest BCUT2D eigenvalue weighted by molar-refractivity contribution is 6.30. The molecule has 0 atom stereocenters. The molecule has 2 aromatic carbocycles. The van der Waals surface area contributed by atoms with Crippen LogP contribution in [-0.4, -0.2) is 25.2 Å². The van der Waals surface area contributed by atoms with Crippen LogP contribution in [0.3, 0.4) is 0 Å². The van der Waals surface area contributed by atoms with Crippen molar-refractivity contribution >= 4 is 28.5 Å². The SMILES string of the molecule is O=C(Cn1cnc2c(cnn2-c2ccccc2)c1=O)NCc1ccc(Cl)cc1. The van der Waals surface area contributed by atoms with Crippen molar-refractivity contribution in [3.8, 4) is 5.69 Å². The highest BCUT2D eigenvalue weighted by Crippen LogP contribution is 2.13. The molecule has 8 heteroatoms. The van der Waals surface area contributed by atoms with Crippen LogP contribution in [0.25, 0.3) is 16.7 Å². The van der Waals surface area contributed by atoms with Crippen LogP contribution in [0.15, 0.2) is 71.9 Å². The zero-order valence-electron chi connectivity index (χ0n) is 14.7. The first-order valence-corrected chi connectivity index (χ1v) is 8.99. The van der Waals surface area contributed by atoms with Crippen molar-refractivity contribution in [1.82, 2.24) is 24.6 Å². The number of nitrogens with one attached hydrogen (secondary N) is 1. The third-order valence-electron chi connectivity index (χ3n) is 4.27. The number of para-hydroxylation sites is 1. The van der Waals surface area contributed by atoms with Gasteiger partial charge in [0, 0.05) is 11.6 Å². The Morgan fingerprint density at radius 3 is 2.57 bits per heavy atom.